The molecule has 3 aliphatic rings. The van der Waals surface area contributed by atoms with Crippen LogP contribution in [0.2, 0.25) is 0 Å². The molecule has 2 bridgehead atoms. The second kappa shape index (κ2) is 12.6. The van der Waals surface area contributed by atoms with Gasteiger partial charge in [0, 0.05) is 58.4 Å². The molecule has 3 nitrogen and oxygen atoms in total. The summed E-state index contributed by atoms with van der Waals surface area (Å²) in [6.45, 7) is 0. The van der Waals surface area contributed by atoms with Crippen molar-refractivity contribution in [3.8, 4) is 22.3 Å². The Morgan fingerprint density at radius 3 is 1.76 bits per heavy atom. The van der Waals surface area contributed by atoms with Crippen molar-refractivity contribution in [1.82, 2.24) is 4.98 Å². The normalized spacial score (nSPS) is 22.7. The van der Waals surface area contributed by atoms with Crippen LogP contribution in [0.1, 0.15) is 57.8 Å². The van der Waals surface area contributed by atoms with Gasteiger partial charge < -0.3 is 9.80 Å². The molecule has 2 aliphatic carbocycles. The molecule has 0 radical (unpaired) electrons. The summed E-state index contributed by atoms with van der Waals surface area (Å²) in [6.07, 6.45) is 16.7. The van der Waals surface area contributed by atoms with E-state index in [0.717, 1.165) is 46.5 Å². The highest BCUT2D eigenvalue weighted by Gasteiger charge is 2.44. The van der Waals surface area contributed by atoms with E-state index in [-0.39, 0.29) is 0 Å². The minimum Gasteiger partial charge on any atom is -0.365 e. The maximum atomic E-state index is 4.69. The second-order valence-electron chi connectivity index (χ2n) is 13.4. The molecule has 226 valence electrons. The van der Waals surface area contributed by atoms with Gasteiger partial charge in [-0.2, -0.15) is 0 Å². The minimum atomic E-state index is 0.718. The number of nitrogens with zero attached hydrogens (tertiary/aromatic N) is 3. The Hall–Kier alpha value is -4.37. The molecular weight excluding hydrogens is 546 g/mol. The van der Waals surface area contributed by atoms with Crippen molar-refractivity contribution >= 4 is 22.7 Å². The van der Waals surface area contributed by atoms with Crippen LogP contribution in [0.3, 0.4) is 0 Å². The van der Waals surface area contributed by atoms with Gasteiger partial charge in [-0.25, -0.2) is 0 Å². The van der Waals surface area contributed by atoms with Crippen molar-refractivity contribution in [1.29, 1.82) is 0 Å². The van der Waals surface area contributed by atoms with Gasteiger partial charge in [0.15, 0.2) is 0 Å². The molecule has 45 heavy (non-hydrogen) atoms. The van der Waals surface area contributed by atoms with Crippen LogP contribution in [0, 0.1) is 11.8 Å². The van der Waals surface area contributed by atoms with Crippen molar-refractivity contribution in [2.24, 2.45) is 11.8 Å². The standard InChI is InChI=1S/C42H43N3/c1-3-12-36(13-4-1)44(37-14-5-2-6-15-37)38-23-19-31(20-24-38)34-27-35(30-43-29-34)32-21-25-39(26-22-32)45-40-16-8-7-11-33(28-40)41-17-9-10-18-42(41)45/h1-6,12-15,19-27,29-30,33,40-42H,7-11,16-18,28H2/t33?,40?,41?,42-/m1/s1. The Kier molecular flexibility index (Phi) is 7.85. The summed E-state index contributed by atoms with van der Waals surface area (Å²) in [7, 11) is 0. The van der Waals surface area contributed by atoms with Crippen LogP contribution in [-0.2, 0) is 0 Å². The molecular formula is C42H43N3. The van der Waals surface area contributed by atoms with Crippen LogP contribution in [-0.4, -0.2) is 17.1 Å². The molecule has 3 unspecified atom stereocenters. The van der Waals surface area contributed by atoms with Gasteiger partial charge in [-0.05, 0) is 103 Å². The summed E-state index contributed by atoms with van der Waals surface area (Å²) in [4.78, 5) is 9.86. The number of piperidine rings is 1. The fraction of sp³-hybridized carbons (Fsp3) is 0.310. The number of benzene rings is 4. The summed E-state index contributed by atoms with van der Waals surface area (Å²) >= 11 is 0. The van der Waals surface area contributed by atoms with Gasteiger partial charge >= 0.3 is 0 Å². The van der Waals surface area contributed by atoms with Crippen molar-refractivity contribution in [3.63, 3.8) is 0 Å². The van der Waals surface area contributed by atoms with Gasteiger partial charge in [0.05, 0.1) is 0 Å². The maximum Gasteiger partial charge on any atom is 0.0462 e. The van der Waals surface area contributed by atoms with Crippen molar-refractivity contribution < 1.29 is 0 Å². The van der Waals surface area contributed by atoms with Gasteiger partial charge in [0.2, 0.25) is 0 Å². The van der Waals surface area contributed by atoms with Gasteiger partial charge in [0.25, 0.3) is 0 Å². The molecule has 4 aromatic carbocycles. The first-order chi connectivity index (χ1) is 22.3. The molecule has 2 heterocycles. The molecule has 0 amide bonds. The average molecular weight is 590 g/mol. The molecule has 3 fully saturated rings. The molecule has 0 spiro atoms. The van der Waals surface area contributed by atoms with Gasteiger partial charge in [-0.1, -0.05) is 92.8 Å². The van der Waals surface area contributed by atoms with E-state index < -0.39 is 0 Å². The predicted octanol–water partition coefficient (Wildman–Crippen LogP) is 11.2. The molecule has 8 rings (SSSR count). The smallest absolute Gasteiger partial charge is 0.0462 e. The van der Waals surface area contributed by atoms with E-state index in [2.05, 4.69) is 130 Å². The molecule has 5 aromatic rings. The van der Waals surface area contributed by atoms with Crippen molar-refractivity contribution in [2.75, 3.05) is 9.80 Å². The summed E-state index contributed by atoms with van der Waals surface area (Å²) in [5.41, 5.74) is 9.57. The van der Waals surface area contributed by atoms with E-state index in [1.165, 1.54) is 80.2 Å². The number of anilines is 4. The van der Waals surface area contributed by atoms with Crippen LogP contribution >= 0.6 is 0 Å². The summed E-state index contributed by atoms with van der Waals surface area (Å²) in [5.74, 6) is 1.86. The Morgan fingerprint density at radius 2 is 1.09 bits per heavy atom. The molecule has 1 aliphatic heterocycles. The van der Waals surface area contributed by atoms with Crippen LogP contribution in [0.25, 0.3) is 22.3 Å². The SMILES string of the molecule is c1ccc(N(c2ccccc2)c2ccc(-c3cncc(-c4ccc(N5C6CCCCC(C6)C6CCCC[C@H]65)cc4)c3)cc2)cc1. The minimum absolute atomic E-state index is 0.718. The van der Waals surface area contributed by atoms with Crippen molar-refractivity contribution in [2.45, 2.75) is 69.9 Å². The van der Waals surface area contributed by atoms with Crippen LogP contribution in [0.15, 0.2) is 128 Å². The maximum absolute atomic E-state index is 4.69. The predicted molar refractivity (Wildman–Crippen MR) is 188 cm³/mol. The van der Waals surface area contributed by atoms with E-state index >= 15 is 0 Å². The third-order valence-corrected chi connectivity index (χ3v) is 10.8. The lowest BCUT2D eigenvalue weighted by Crippen LogP contribution is -2.55. The van der Waals surface area contributed by atoms with Gasteiger partial charge in [0.1, 0.15) is 0 Å². The fourth-order valence-electron chi connectivity index (χ4n) is 8.71. The lowest BCUT2D eigenvalue weighted by atomic mass is 9.69. The second-order valence-corrected chi connectivity index (χ2v) is 13.4. The molecule has 1 saturated heterocycles. The average Bonchev–Trinajstić information content (AvgIpc) is 3.33. The topological polar surface area (TPSA) is 19.4 Å². The number of pyridine rings is 1. The first-order valence-electron chi connectivity index (χ1n) is 17.2. The Labute approximate surface area is 268 Å². The number of hydrogen-bond donors (Lipinski definition) is 0. The zero-order valence-corrected chi connectivity index (χ0v) is 26.1. The van der Waals surface area contributed by atoms with Crippen LogP contribution in [0.5, 0.6) is 0 Å². The molecule has 2 saturated carbocycles. The zero-order chi connectivity index (χ0) is 30.0. The largest absolute Gasteiger partial charge is 0.365 e. The third-order valence-electron chi connectivity index (χ3n) is 10.8. The van der Waals surface area contributed by atoms with Gasteiger partial charge in [-0.3, -0.25) is 4.98 Å². The number of rotatable bonds is 6. The first kappa shape index (κ1) is 28.1. The Balaban J connectivity index is 1.05. The quantitative estimate of drug-likeness (QED) is 0.196. The summed E-state index contributed by atoms with van der Waals surface area (Å²) in [6, 6.07) is 43.2. The summed E-state index contributed by atoms with van der Waals surface area (Å²) < 4.78 is 0. The van der Waals surface area contributed by atoms with E-state index in [0.29, 0.717) is 0 Å². The van der Waals surface area contributed by atoms with Crippen molar-refractivity contribution in [3.05, 3.63) is 128 Å². The Bertz CT molecular complexity index is 1660. The highest BCUT2D eigenvalue weighted by molar-refractivity contribution is 5.79. The Morgan fingerprint density at radius 1 is 0.533 bits per heavy atom. The summed E-state index contributed by atoms with van der Waals surface area (Å²) in [5, 5.41) is 0. The van der Waals surface area contributed by atoms with Crippen LogP contribution in [0.4, 0.5) is 22.7 Å². The van der Waals surface area contributed by atoms with E-state index in [1.54, 1.807) is 0 Å². The first-order valence-corrected chi connectivity index (χ1v) is 17.2. The highest BCUT2D eigenvalue weighted by Crippen LogP contribution is 2.48. The number of aromatic nitrogens is 1. The van der Waals surface area contributed by atoms with E-state index in [4.69, 9.17) is 0 Å². The highest BCUT2D eigenvalue weighted by atomic mass is 15.2. The number of fused-ring (bicyclic) bond motifs is 4. The molecule has 1 aromatic heterocycles. The van der Waals surface area contributed by atoms with Crippen LogP contribution < -0.4 is 9.80 Å². The van der Waals surface area contributed by atoms with E-state index in [1.807, 2.05) is 12.4 Å². The zero-order valence-electron chi connectivity index (χ0n) is 26.1. The third kappa shape index (κ3) is 5.65. The molecule has 3 heteroatoms. The number of hydrogen-bond acceptors (Lipinski definition) is 3. The fourth-order valence-corrected chi connectivity index (χ4v) is 8.71. The lowest BCUT2D eigenvalue weighted by molar-refractivity contribution is 0.139. The molecule has 0 N–H and O–H groups in total. The van der Waals surface area contributed by atoms with Gasteiger partial charge in [-0.15, -0.1) is 0 Å². The van der Waals surface area contributed by atoms with E-state index in [9.17, 15) is 0 Å². The lowest BCUT2D eigenvalue weighted by Gasteiger charge is -2.53. The number of para-hydroxylation sites is 2. The molecule has 4 atom stereocenters. The monoisotopic (exact) mass is 589 g/mol.